The standard InChI is InChI=1S/C27H40N4O4/c1-5-6-18-15-31(24-23(32)16-35-25(18)24)27(34)22(13-17(2)3)21-14-19(7-8-20(21)26(28)33)30-11-9-29(4)10-12-30/h7-8,14,17-18,22,24-25H,5-6,9-13,15-16H2,1-4H3,(H2,28,33)/t18-,22+,24-,25-/m1/s1. The van der Waals surface area contributed by atoms with Gasteiger partial charge in [-0.25, -0.2) is 0 Å². The van der Waals surface area contributed by atoms with Crippen LogP contribution in [0.15, 0.2) is 18.2 Å². The van der Waals surface area contributed by atoms with Crippen LogP contribution in [0, 0.1) is 11.8 Å². The molecule has 2 N–H and O–H groups in total. The lowest BCUT2D eigenvalue weighted by Gasteiger charge is -2.35. The number of likely N-dealkylation sites (tertiary alicyclic amines) is 1. The van der Waals surface area contributed by atoms with Gasteiger partial charge in [-0.3, -0.25) is 14.4 Å². The average molecular weight is 485 g/mol. The number of amides is 2. The lowest BCUT2D eigenvalue weighted by atomic mass is 9.85. The number of hydrogen-bond donors (Lipinski definition) is 1. The van der Waals surface area contributed by atoms with Crippen LogP contribution in [0.5, 0.6) is 0 Å². The Morgan fingerprint density at radius 2 is 1.89 bits per heavy atom. The number of nitrogens with zero attached hydrogens (tertiary/aromatic N) is 3. The third kappa shape index (κ3) is 5.23. The first-order valence-corrected chi connectivity index (χ1v) is 13.0. The number of ketones is 1. The topological polar surface area (TPSA) is 96.2 Å². The molecule has 3 aliphatic heterocycles. The Kier molecular flexibility index (Phi) is 7.81. The molecule has 3 fully saturated rings. The molecule has 0 aromatic heterocycles. The van der Waals surface area contributed by atoms with Gasteiger partial charge >= 0.3 is 0 Å². The van der Waals surface area contributed by atoms with E-state index in [1.54, 1.807) is 11.0 Å². The lowest BCUT2D eigenvalue weighted by molar-refractivity contribution is -0.138. The van der Waals surface area contributed by atoms with Crippen molar-refractivity contribution in [3.63, 3.8) is 0 Å². The Bertz CT molecular complexity index is 956. The quantitative estimate of drug-likeness (QED) is 0.608. The fraction of sp³-hybridized carbons (Fsp3) is 0.667. The largest absolute Gasteiger partial charge is 0.369 e. The molecule has 0 aliphatic carbocycles. The molecule has 3 saturated heterocycles. The molecular weight excluding hydrogens is 444 g/mol. The van der Waals surface area contributed by atoms with Gasteiger partial charge in [-0.05, 0) is 49.6 Å². The van der Waals surface area contributed by atoms with E-state index in [0.29, 0.717) is 24.1 Å². The molecular formula is C27H40N4O4. The van der Waals surface area contributed by atoms with Crippen molar-refractivity contribution in [1.29, 1.82) is 0 Å². The summed E-state index contributed by atoms with van der Waals surface area (Å²) in [6, 6.07) is 5.16. The second kappa shape index (κ2) is 10.7. The number of fused-ring (bicyclic) bond motifs is 1. The fourth-order valence-corrected chi connectivity index (χ4v) is 5.96. The molecule has 0 spiro atoms. The highest BCUT2D eigenvalue weighted by Crippen LogP contribution is 2.39. The SMILES string of the molecule is CCC[C@@H]1CN(C(=O)[C@@H](CC(C)C)c2cc(N3CCN(C)CC3)ccc2C(N)=O)[C@@H]2C(=O)CO[C@H]12. The number of Topliss-reactive ketones (excluding diaryl/α,β-unsaturated/α-hetero) is 1. The first-order valence-electron chi connectivity index (χ1n) is 13.0. The molecule has 2 amide bonds. The summed E-state index contributed by atoms with van der Waals surface area (Å²) in [5, 5.41) is 0. The summed E-state index contributed by atoms with van der Waals surface area (Å²) in [7, 11) is 2.11. The summed E-state index contributed by atoms with van der Waals surface area (Å²) in [5.41, 5.74) is 7.86. The summed E-state index contributed by atoms with van der Waals surface area (Å²) in [5.74, 6) is -0.810. The van der Waals surface area contributed by atoms with E-state index in [-0.39, 0.29) is 36.2 Å². The highest BCUT2D eigenvalue weighted by atomic mass is 16.5. The monoisotopic (exact) mass is 484 g/mol. The molecule has 3 aliphatic rings. The van der Waals surface area contributed by atoms with Crippen LogP contribution in [-0.4, -0.2) is 85.9 Å². The number of benzene rings is 1. The molecule has 8 nitrogen and oxygen atoms in total. The first kappa shape index (κ1) is 25.6. The van der Waals surface area contributed by atoms with Crippen LogP contribution < -0.4 is 10.6 Å². The summed E-state index contributed by atoms with van der Waals surface area (Å²) < 4.78 is 5.84. The van der Waals surface area contributed by atoms with Gasteiger partial charge in [0.2, 0.25) is 11.8 Å². The molecule has 0 unspecified atom stereocenters. The van der Waals surface area contributed by atoms with E-state index in [4.69, 9.17) is 10.5 Å². The summed E-state index contributed by atoms with van der Waals surface area (Å²) in [6.07, 6.45) is 2.24. The Morgan fingerprint density at radius 1 is 1.17 bits per heavy atom. The van der Waals surface area contributed by atoms with Crippen LogP contribution in [0.4, 0.5) is 5.69 Å². The number of likely N-dealkylation sites (N-methyl/N-ethyl adjacent to an activating group) is 1. The van der Waals surface area contributed by atoms with Crippen molar-refractivity contribution in [2.45, 2.75) is 58.1 Å². The molecule has 1 aromatic carbocycles. The molecule has 4 rings (SSSR count). The summed E-state index contributed by atoms with van der Waals surface area (Å²) in [6.45, 7) is 10.5. The van der Waals surface area contributed by atoms with E-state index in [0.717, 1.165) is 44.7 Å². The van der Waals surface area contributed by atoms with Gasteiger partial charge in [-0.15, -0.1) is 0 Å². The van der Waals surface area contributed by atoms with Gasteiger partial charge in [-0.1, -0.05) is 27.2 Å². The number of hydrogen-bond acceptors (Lipinski definition) is 6. The van der Waals surface area contributed by atoms with Crippen molar-refractivity contribution >= 4 is 23.3 Å². The average Bonchev–Trinajstić information content (AvgIpc) is 3.38. The molecule has 35 heavy (non-hydrogen) atoms. The highest BCUT2D eigenvalue weighted by Gasteiger charge is 2.52. The van der Waals surface area contributed by atoms with Crippen LogP contribution >= 0.6 is 0 Å². The van der Waals surface area contributed by atoms with E-state index in [1.165, 1.54) is 0 Å². The van der Waals surface area contributed by atoms with Crippen LogP contribution in [0.1, 0.15) is 61.9 Å². The Balaban J connectivity index is 1.70. The van der Waals surface area contributed by atoms with Crippen molar-refractivity contribution in [2.24, 2.45) is 17.6 Å². The van der Waals surface area contributed by atoms with Crippen molar-refractivity contribution in [2.75, 3.05) is 51.3 Å². The molecule has 0 saturated carbocycles. The van der Waals surface area contributed by atoms with Gasteiger partial charge in [0.25, 0.3) is 0 Å². The number of rotatable bonds is 8. The lowest BCUT2D eigenvalue weighted by Crippen LogP contribution is -2.45. The maximum absolute atomic E-state index is 14.2. The van der Waals surface area contributed by atoms with Crippen molar-refractivity contribution in [1.82, 2.24) is 9.80 Å². The van der Waals surface area contributed by atoms with Gasteiger partial charge < -0.3 is 25.2 Å². The highest BCUT2D eigenvalue weighted by molar-refractivity contribution is 5.99. The Hall–Kier alpha value is -2.45. The molecule has 0 bridgehead atoms. The normalized spacial score (nSPS) is 25.9. The van der Waals surface area contributed by atoms with E-state index in [1.807, 2.05) is 12.1 Å². The fourth-order valence-electron chi connectivity index (χ4n) is 5.96. The van der Waals surface area contributed by atoms with Gasteiger partial charge in [0.15, 0.2) is 5.78 Å². The van der Waals surface area contributed by atoms with Gasteiger partial charge in [0.1, 0.15) is 12.6 Å². The zero-order valence-corrected chi connectivity index (χ0v) is 21.5. The van der Waals surface area contributed by atoms with E-state index in [9.17, 15) is 14.4 Å². The van der Waals surface area contributed by atoms with E-state index >= 15 is 0 Å². The molecule has 3 heterocycles. The maximum atomic E-state index is 14.2. The first-order chi connectivity index (χ1) is 16.7. The molecule has 0 radical (unpaired) electrons. The van der Waals surface area contributed by atoms with E-state index < -0.39 is 17.9 Å². The number of primary amides is 1. The van der Waals surface area contributed by atoms with Crippen LogP contribution in [0.25, 0.3) is 0 Å². The maximum Gasteiger partial charge on any atom is 0.249 e. The molecule has 192 valence electrons. The predicted molar refractivity (Wildman–Crippen MR) is 136 cm³/mol. The minimum Gasteiger partial charge on any atom is -0.369 e. The minimum absolute atomic E-state index is 0.0217. The number of carbonyl (C=O) groups excluding carboxylic acids is 3. The van der Waals surface area contributed by atoms with Gasteiger partial charge in [0.05, 0.1) is 12.0 Å². The molecule has 8 heteroatoms. The summed E-state index contributed by atoms with van der Waals surface area (Å²) >= 11 is 0. The second-order valence-electron chi connectivity index (χ2n) is 10.8. The van der Waals surface area contributed by atoms with Crippen molar-refractivity contribution in [3.8, 4) is 0 Å². The second-order valence-corrected chi connectivity index (χ2v) is 10.8. The van der Waals surface area contributed by atoms with Gasteiger partial charge in [0, 0.05) is 49.9 Å². The predicted octanol–water partition coefficient (Wildman–Crippen LogP) is 2.26. The van der Waals surface area contributed by atoms with Crippen LogP contribution in [0.2, 0.25) is 0 Å². The van der Waals surface area contributed by atoms with E-state index in [2.05, 4.69) is 37.6 Å². The number of anilines is 1. The zero-order valence-electron chi connectivity index (χ0n) is 21.5. The number of ether oxygens (including phenoxy) is 1. The number of nitrogens with two attached hydrogens (primary N) is 1. The third-order valence-electron chi connectivity index (χ3n) is 7.78. The van der Waals surface area contributed by atoms with Crippen molar-refractivity contribution < 1.29 is 19.1 Å². The number of carbonyl (C=O) groups is 3. The Labute approximate surface area is 208 Å². The van der Waals surface area contributed by atoms with Crippen molar-refractivity contribution in [3.05, 3.63) is 29.3 Å². The smallest absolute Gasteiger partial charge is 0.249 e. The third-order valence-corrected chi connectivity index (χ3v) is 7.78. The zero-order chi connectivity index (χ0) is 25.3. The molecule has 4 atom stereocenters. The molecule has 1 aromatic rings. The van der Waals surface area contributed by atoms with Crippen LogP contribution in [0.3, 0.4) is 0 Å². The number of piperazine rings is 1. The summed E-state index contributed by atoms with van der Waals surface area (Å²) in [4.78, 5) is 45.7. The van der Waals surface area contributed by atoms with Crippen LogP contribution in [-0.2, 0) is 14.3 Å². The minimum atomic E-state index is -0.542. The van der Waals surface area contributed by atoms with Gasteiger partial charge in [-0.2, -0.15) is 0 Å². The Morgan fingerprint density at radius 3 is 2.51 bits per heavy atom.